The van der Waals surface area contributed by atoms with Crippen molar-refractivity contribution in [3.8, 4) is 23.0 Å². The highest BCUT2D eigenvalue weighted by molar-refractivity contribution is 6.34. The van der Waals surface area contributed by atoms with Crippen molar-refractivity contribution in [3.05, 3.63) is 113 Å². The lowest BCUT2D eigenvalue weighted by atomic mass is 9.78. The van der Waals surface area contributed by atoms with Crippen LogP contribution in [0.15, 0.2) is 84.9 Å². The molecule has 246 valence electrons. The monoisotopic (exact) mass is 644 g/mol. The topological polar surface area (TPSA) is 93.2 Å². The molecule has 0 atom stereocenters. The molecule has 0 saturated carbocycles. The molecule has 8 nitrogen and oxygen atoms in total. The van der Waals surface area contributed by atoms with Crippen LogP contribution >= 0.6 is 0 Å². The van der Waals surface area contributed by atoms with Crippen LogP contribution < -0.4 is 14.4 Å². The highest BCUT2D eigenvalue weighted by Crippen LogP contribution is 2.38. The number of carbonyl (C=O) groups is 4. The quantitative estimate of drug-likeness (QED) is 0.151. The van der Waals surface area contributed by atoms with Crippen LogP contribution in [-0.4, -0.2) is 34.1 Å². The molecular weight excluding hydrogens is 604 g/mol. The summed E-state index contributed by atoms with van der Waals surface area (Å²) in [7, 11) is 0. The Morgan fingerprint density at radius 3 is 1.44 bits per heavy atom. The summed E-state index contributed by atoms with van der Waals surface area (Å²) in [6.07, 6.45) is 3.38. The number of amides is 4. The van der Waals surface area contributed by atoms with Crippen LogP contribution in [0, 0.1) is 0 Å². The molecule has 0 aromatic heterocycles. The molecule has 0 radical (unpaired) electrons. The fourth-order valence-electron chi connectivity index (χ4n) is 6.38. The Morgan fingerprint density at radius 2 is 0.917 bits per heavy atom. The molecule has 0 N–H and O–H groups in total. The van der Waals surface area contributed by atoms with Crippen molar-refractivity contribution in [1.29, 1.82) is 0 Å². The van der Waals surface area contributed by atoms with Gasteiger partial charge in [-0.15, -0.1) is 0 Å². The Morgan fingerprint density at radius 1 is 0.500 bits per heavy atom. The summed E-state index contributed by atoms with van der Waals surface area (Å²) in [6.45, 7) is 12.5. The Labute approximate surface area is 281 Å². The molecule has 0 fully saturated rings. The molecule has 0 aliphatic carbocycles. The van der Waals surface area contributed by atoms with Gasteiger partial charge in [0.1, 0.15) is 23.0 Å². The molecule has 0 spiro atoms. The number of fused-ring (bicyclic) bond motifs is 2. The van der Waals surface area contributed by atoms with Gasteiger partial charge in [0.05, 0.1) is 27.9 Å². The van der Waals surface area contributed by atoms with E-state index in [1.807, 2.05) is 32.9 Å². The molecular formula is C40H40N2O6. The first-order chi connectivity index (χ1) is 23.0. The fourth-order valence-corrected chi connectivity index (χ4v) is 6.38. The van der Waals surface area contributed by atoms with E-state index in [1.165, 1.54) is 16.5 Å². The number of carbonyl (C=O) groups excluding carboxylic acids is 4. The van der Waals surface area contributed by atoms with Crippen LogP contribution in [0.25, 0.3) is 0 Å². The fraction of sp³-hybridized carbons (Fsp3) is 0.300. The molecule has 2 aliphatic heterocycles. The Balaban J connectivity index is 1.16. The molecule has 2 heterocycles. The number of anilines is 1. The minimum atomic E-state index is -0.585. The van der Waals surface area contributed by atoms with Gasteiger partial charge < -0.3 is 9.47 Å². The molecule has 8 heteroatoms. The molecule has 4 aromatic rings. The largest absolute Gasteiger partial charge is 0.457 e. The van der Waals surface area contributed by atoms with E-state index in [1.54, 1.807) is 54.6 Å². The maximum absolute atomic E-state index is 13.5. The zero-order valence-corrected chi connectivity index (χ0v) is 28.3. The molecule has 48 heavy (non-hydrogen) atoms. The van der Waals surface area contributed by atoms with Gasteiger partial charge in [-0.3, -0.25) is 24.1 Å². The van der Waals surface area contributed by atoms with Gasteiger partial charge in [-0.25, -0.2) is 4.90 Å². The maximum Gasteiger partial charge on any atom is 0.266 e. The summed E-state index contributed by atoms with van der Waals surface area (Å²) in [4.78, 5) is 55.8. The Hall–Kier alpha value is -5.24. The summed E-state index contributed by atoms with van der Waals surface area (Å²) < 4.78 is 12.1. The molecule has 4 amide bonds. The Bertz CT molecular complexity index is 1920. The van der Waals surface area contributed by atoms with Crippen LogP contribution in [0.2, 0.25) is 0 Å². The predicted octanol–water partition coefficient (Wildman–Crippen LogP) is 9.32. The number of hydrogen-bond acceptors (Lipinski definition) is 6. The van der Waals surface area contributed by atoms with Crippen LogP contribution in [0.4, 0.5) is 5.69 Å². The third-order valence-electron chi connectivity index (χ3n) is 10.5. The van der Waals surface area contributed by atoms with Crippen molar-refractivity contribution in [2.45, 2.75) is 78.2 Å². The lowest BCUT2D eigenvalue weighted by Gasteiger charge is -2.35. The van der Waals surface area contributed by atoms with Gasteiger partial charge >= 0.3 is 0 Å². The molecule has 0 bridgehead atoms. The summed E-state index contributed by atoms with van der Waals surface area (Å²) in [5.41, 5.74) is 2.33. The molecule has 4 aromatic carbocycles. The third kappa shape index (κ3) is 5.45. The standard InChI is InChI=1S/C40H40N2O6/c1-7-39(5,8-2)25-11-15-27(16-12-25)47-28-17-13-26(14-18-28)41-35(43)31-21-19-29(23-33(31)36(41)44)48-30-20-22-32-34(24-30)38(46)42(37(32)45)40(6,9-3)10-4/h11-24H,7-10H2,1-6H3. The smallest absolute Gasteiger partial charge is 0.266 e. The van der Waals surface area contributed by atoms with E-state index < -0.39 is 17.4 Å². The van der Waals surface area contributed by atoms with Crippen LogP contribution in [0.3, 0.4) is 0 Å². The first-order valence-electron chi connectivity index (χ1n) is 16.6. The zero-order valence-electron chi connectivity index (χ0n) is 28.3. The van der Waals surface area contributed by atoms with Crippen molar-refractivity contribution < 1.29 is 28.7 Å². The van der Waals surface area contributed by atoms with Crippen molar-refractivity contribution in [2.75, 3.05) is 4.90 Å². The van der Waals surface area contributed by atoms with E-state index in [4.69, 9.17) is 9.47 Å². The Kier molecular flexibility index (Phi) is 8.45. The number of rotatable bonds is 11. The molecule has 6 rings (SSSR count). The van der Waals surface area contributed by atoms with Crippen molar-refractivity contribution in [3.63, 3.8) is 0 Å². The number of nitrogens with zero attached hydrogens (tertiary/aromatic N) is 2. The van der Waals surface area contributed by atoms with Crippen molar-refractivity contribution in [1.82, 2.24) is 4.90 Å². The van der Waals surface area contributed by atoms with Crippen LogP contribution in [0.1, 0.15) is 114 Å². The lowest BCUT2D eigenvalue weighted by Crippen LogP contribution is -2.48. The summed E-state index contributed by atoms with van der Waals surface area (Å²) in [6, 6.07) is 24.4. The van der Waals surface area contributed by atoms with Crippen LogP contribution in [0.5, 0.6) is 23.0 Å². The van der Waals surface area contributed by atoms with Crippen molar-refractivity contribution >= 4 is 29.3 Å². The second-order valence-corrected chi connectivity index (χ2v) is 13.0. The average molecular weight is 645 g/mol. The predicted molar refractivity (Wildman–Crippen MR) is 184 cm³/mol. The van der Waals surface area contributed by atoms with E-state index in [2.05, 4.69) is 32.9 Å². The molecule has 2 aliphatic rings. The van der Waals surface area contributed by atoms with Crippen molar-refractivity contribution in [2.24, 2.45) is 0 Å². The van der Waals surface area contributed by atoms with Gasteiger partial charge in [-0.2, -0.15) is 0 Å². The average Bonchev–Trinajstić information content (AvgIpc) is 3.51. The maximum atomic E-state index is 13.5. The molecule has 0 unspecified atom stereocenters. The summed E-state index contributed by atoms with van der Waals surface area (Å²) in [5, 5.41) is 0. The second kappa shape index (κ2) is 12.4. The van der Waals surface area contributed by atoms with E-state index in [-0.39, 0.29) is 33.9 Å². The minimum absolute atomic E-state index is 0.122. The van der Waals surface area contributed by atoms with Gasteiger partial charge in [0.15, 0.2) is 0 Å². The molecule has 0 saturated heterocycles. The second-order valence-electron chi connectivity index (χ2n) is 13.0. The zero-order chi connectivity index (χ0) is 34.4. The van der Waals surface area contributed by atoms with E-state index >= 15 is 0 Å². The SMILES string of the molecule is CCC(C)(CC)c1ccc(Oc2ccc(N3C(=O)c4ccc(Oc5ccc6c(c5)C(=O)N(C(C)(CC)CC)C6=O)cc4C3=O)cc2)cc1. The third-order valence-corrected chi connectivity index (χ3v) is 10.5. The van der Waals surface area contributed by atoms with Gasteiger partial charge in [-0.05, 0) is 116 Å². The van der Waals surface area contributed by atoms with E-state index in [0.717, 1.165) is 17.7 Å². The minimum Gasteiger partial charge on any atom is -0.457 e. The van der Waals surface area contributed by atoms with Gasteiger partial charge in [0.25, 0.3) is 23.6 Å². The van der Waals surface area contributed by atoms with E-state index in [9.17, 15) is 19.2 Å². The summed E-state index contributed by atoms with van der Waals surface area (Å²) >= 11 is 0. The van der Waals surface area contributed by atoms with Crippen LogP contribution in [-0.2, 0) is 5.41 Å². The first-order valence-corrected chi connectivity index (χ1v) is 16.6. The first kappa shape index (κ1) is 32.7. The van der Waals surface area contributed by atoms with Gasteiger partial charge in [-0.1, -0.05) is 46.8 Å². The highest BCUT2D eigenvalue weighted by atomic mass is 16.5. The normalized spacial score (nSPS) is 14.5. The van der Waals surface area contributed by atoms with E-state index in [0.29, 0.717) is 47.1 Å². The van der Waals surface area contributed by atoms with Gasteiger partial charge in [0, 0.05) is 5.54 Å². The number of ether oxygens (including phenoxy) is 2. The summed E-state index contributed by atoms with van der Waals surface area (Å²) in [5.74, 6) is 0.388. The number of imide groups is 2. The number of hydrogen-bond donors (Lipinski definition) is 0. The highest BCUT2D eigenvalue weighted by Gasteiger charge is 2.45. The number of benzene rings is 4. The lowest BCUT2D eigenvalue weighted by molar-refractivity contribution is 0.0434. The van der Waals surface area contributed by atoms with Gasteiger partial charge in [0.2, 0.25) is 0 Å².